The molecule has 0 radical (unpaired) electrons. The molecule has 33 heavy (non-hydrogen) atoms. The lowest BCUT2D eigenvalue weighted by molar-refractivity contribution is -0.124. The smallest absolute Gasteiger partial charge is 0.272 e. The van der Waals surface area contributed by atoms with Crippen LogP contribution in [0.4, 0.5) is 13.2 Å². The highest BCUT2D eigenvalue weighted by molar-refractivity contribution is 6.34. The maximum atomic E-state index is 14.7. The van der Waals surface area contributed by atoms with Crippen molar-refractivity contribution in [1.29, 1.82) is 0 Å². The highest BCUT2D eigenvalue weighted by Crippen LogP contribution is 2.32. The minimum absolute atomic E-state index is 0.00627. The summed E-state index contributed by atoms with van der Waals surface area (Å²) >= 11 is 6.40. The fourth-order valence-electron chi connectivity index (χ4n) is 2.83. The summed E-state index contributed by atoms with van der Waals surface area (Å²) in [7, 11) is 0. The number of hydrogen-bond donors (Lipinski definition) is 2. The molecular formula is C22H20ClF3N4O3. The number of nitrogens with one attached hydrogen (secondary N) is 2. The van der Waals surface area contributed by atoms with Crippen LogP contribution in [0.25, 0.3) is 22.6 Å². The number of benzene rings is 1. The fraction of sp³-hybridized carbons (Fsp3) is 0.273. The molecule has 0 fully saturated rings. The molecule has 3 rings (SSSR count). The van der Waals surface area contributed by atoms with Crippen LogP contribution in [0, 0.1) is 11.7 Å². The van der Waals surface area contributed by atoms with E-state index in [1.165, 1.54) is 36.5 Å². The largest absolute Gasteiger partial charge is 0.472 e. The second kappa shape index (κ2) is 10.5. The molecule has 0 atom stereocenters. The van der Waals surface area contributed by atoms with Gasteiger partial charge >= 0.3 is 0 Å². The van der Waals surface area contributed by atoms with E-state index in [1.54, 1.807) is 13.8 Å². The summed E-state index contributed by atoms with van der Waals surface area (Å²) in [5.41, 5.74) is 0.287. The zero-order valence-corrected chi connectivity index (χ0v) is 18.4. The number of H-pyrrole nitrogens is 1. The summed E-state index contributed by atoms with van der Waals surface area (Å²) in [6, 6.07) is 6.62. The quantitative estimate of drug-likeness (QED) is 0.503. The van der Waals surface area contributed by atoms with Crippen LogP contribution in [-0.4, -0.2) is 33.9 Å². The Balaban J connectivity index is 1.94. The number of amides is 1. The number of rotatable bonds is 8. The Morgan fingerprint density at radius 2 is 2.00 bits per heavy atom. The fourth-order valence-corrected chi connectivity index (χ4v) is 3.13. The molecule has 2 N–H and O–H groups in total. The van der Waals surface area contributed by atoms with Crippen LogP contribution in [-0.2, 0) is 11.3 Å². The normalized spacial score (nSPS) is 11.2. The SMILES string of the molecule is CC(C)C(=O)NCc1ccc(F)c(-c2nc(-c3ccc(OCC(F)F)nc3)cc(=O)[nH]2)c1Cl. The van der Waals surface area contributed by atoms with Gasteiger partial charge in [0.2, 0.25) is 11.8 Å². The van der Waals surface area contributed by atoms with E-state index in [-0.39, 0.29) is 46.4 Å². The highest BCUT2D eigenvalue weighted by Gasteiger charge is 2.18. The Labute approximate surface area is 192 Å². The molecule has 0 aliphatic heterocycles. The molecule has 0 aliphatic rings. The van der Waals surface area contributed by atoms with Gasteiger partial charge < -0.3 is 15.0 Å². The number of alkyl halides is 2. The highest BCUT2D eigenvalue weighted by atomic mass is 35.5. The maximum Gasteiger partial charge on any atom is 0.272 e. The standard InChI is InChI=1S/C22H20ClF3N4O3/c1-11(2)22(32)28-9-13-3-5-14(24)19(20(13)23)21-29-15(7-17(31)30-21)12-4-6-18(27-8-12)33-10-16(25)26/h3-8,11,16H,9-10H2,1-2H3,(H,28,32)(H,29,30,31). The molecule has 11 heteroatoms. The molecule has 1 amide bonds. The zero-order chi connectivity index (χ0) is 24.1. The average Bonchev–Trinajstić information content (AvgIpc) is 2.77. The summed E-state index contributed by atoms with van der Waals surface area (Å²) in [4.78, 5) is 34.8. The van der Waals surface area contributed by atoms with Crippen LogP contribution in [0.2, 0.25) is 5.02 Å². The van der Waals surface area contributed by atoms with Gasteiger partial charge in [-0.1, -0.05) is 31.5 Å². The van der Waals surface area contributed by atoms with Crippen molar-refractivity contribution < 1.29 is 22.7 Å². The molecule has 2 aromatic heterocycles. The molecule has 3 aromatic rings. The predicted molar refractivity (Wildman–Crippen MR) is 117 cm³/mol. The number of halogens is 4. The van der Waals surface area contributed by atoms with Crippen LogP contribution < -0.4 is 15.6 Å². The van der Waals surface area contributed by atoms with E-state index >= 15 is 0 Å². The first-order valence-corrected chi connectivity index (χ1v) is 10.3. The van der Waals surface area contributed by atoms with Crippen LogP contribution in [0.3, 0.4) is 0 Å². The molecule has 1 aromatic carbocycles. The van der Waals surface area contributed by atoms with Crippen molar-refractivity contribution in [2.24, 2.45) is 5.92 Å². The molecule has 0 unspecified atom stereocenters. The molecular weight excluding hydrogens is 461 g/mol. The molecule has 174 valence electrons. The Morgan fingerprint density at radius 3 is 2.64 bits per heavy atom. The number of pyridine rings is 1. The van der Waals surface area contributed by atoms with Crippen molar-refractivity contribution in [2.75, 3.05) is 6.61 Å². The lowest BCUT2D eigenvalue weighted by atomic mass is 10.1. The lowest BCUT2D eigenvalue weighted by Gasteiger charge is -2.13. The first-order valence-electron chi connectivity index (χ1n) is 9.89. The van der Waals surface area contributed by atoms with E-state index < -0.39 is 24.4 Å². The van der Waals surface area contributed by atoms with Gasteiger partial charge in [-0.15, -0.1) is 0 Å². The molecule has 0 bridgehead atoms. The van der Waals surface area contributed by atoms with Crippen LogP contribution in [0.5, 0.6) is 5.88 Å². The van der Waals surface area contributed by atoms with Gasteiger partial charge in [-0.25, -0.2) is 23.1 Å². The third-order valence-electron chi connectivity index (χ3n) is 4.52. The summed E-state index contributed by atoms with van der Waals surface area (Å²) < 4.78 is 44.1. The second-order valence-electron chi connectivity index (χ2n) is 7.33. The Morgan fingerprint density at radius 1 is 1.24 bits per heavy atom. The molecule has 0 spiro atoms. The second-order valence-corrected chi connectivity index (χ2v) is 7.71. The summed E-state index contributed by atoms with van der Waals surface area (Å²) in [6.07, 6.45) is -1.35. The van der Waals surface area contributed by atoms with Gasteiger partial charge in [0.15, 0.2) is 6.61 Å². The minimum atomic E-state index is -2.64. The average molecular weight is 481 g/mol. The van der Waals surface area contributed by atoms with Gasteiger partial charge in [-0.05, 0) is 17.7 Å². The molecule has 0 saturated heterocycles. The number of aromatic nitrogens is 3. The number of nitrogens with zero attached hydrogens (tertiary/aromatic N) is 2. The number of ether oxygens (including phenoxy) is 1. The van der Waals surface area contributed by atoms with Crippen molar-refractivity contribution in [3.05, 3.63) is 63.3 Å². The minimum Gasteiger partial charge on any atom is -0.472 e. The molecule has 0 aliphatic carbocycles. The predicted octanol–water partition coefficient (Wildman–Crippen LogP) is 4.21. The lowest BCUT2D eigenvalue weighted by Crippen LogP contribution is -2.27. The Kier molecular flexibility index (Phi) is 7.70. The Bertz CT molecular complexity index is 1200. The van der Waals surface area contributed by atoms with Crippen LogP contribution >= 0.6 is 11.6 Å². The summed E-state index contributed by atoms with van der Waals surface area (Å²) in [5, 5.41) is 2.70. The zero-order valence-electron chi connectivity index (χ0n) is 17.7. The molecule has 2 heterocycles. The number of carbonyl (C=O) groups is 1. The Hall–Kier alpha value is -3.40. The van der Waals surface area contributed by atoms with Gasteiger partial charge in [0.1, 0.15) is 11.6 Å². The van der Waals surface area contributed by atoms with Crippen molar-refractivity contribution >= 4 is 17.5 Å². The van der Waals surface area contributed by atoms with E-state index in [4.69, 9.17) is 16.3 Å². The summed E-state index contributed by atoms with van der Waals surface area (Å²) in [6.45, 7) is 2.74. The van der Waals surface area contributed by atoms with E-state index in [1.807, 2.05) is 0 Å². The topological polar surface area (TPSA) is 97.0 Å². The monoisotopic (exact) mass is 480 g/mol. The number of hydrogen-bond acceptors (Lipinski definition) is 5. The number of carbonyl (C=O) groups excluding carboxylic acids is 1. The maximum absolute atomic E-state index is 14.7. The molecule has 7 nitrogen and oxygen atoms in total. The van der Waals surface area contributed by atoms with Gasteiger partial charge in [0.25, 0.3) is 12.0 Å². The van der Waals surface area contributed by atoms with E-state index in [0.717, 1.165) is 0 Å². The van der Waals surface area contributed by atoms with Gasteiger partial charge in [-0.2, -0.15) is 0 Å². The third kappa shape index (κ3) is 6.10. The van der Waals surface area contributed by atoms with Crippen molar-refractivity contribution in [3.8, 4) is 28.5 Å². The summed E-state index contributed by atoms with van der Waals surface area (Å²) in [5.74, 6) is -1.28. The van der Waals surface area contributed by atoms with E-state index in [9.17, 15) is 22.8 Å². The van der Waals surface area contributed by atoms with E-state index in [2.05, 4.69) is 20.3 Å². The van der Waals surface area contributed by atoms with Gasteiger partial charge in [0, 0.05) is 36.4 Å². The van der Waals surface area contributed by atoms with Gasteiger partial charge in [0.05, 0.1) is 16.3 Å². The van der Waals surface area contributed by atoms with Crippen molar-refractivity contribution in [3.63, 3.8) is 0 Å². The van der Waals surface area contributed by atoms with Crippen molar-refractivity contribution in [1.82, 2.24) is 20.3 Å². The van der Waals surface area contributed by atoms with Gasteiger partial charge in [-0.3, -0.25) is 9.59 Å². The molecule has 0 saturated carbocycles. The third-order valence-corrected chi connectivity index (χ3v) is 4.95. The first kappa shape index (κ1) is 24.2. The van der Waals surface area contributed by atoms with Crippen molar-refractivity contribution in [2.45, 2.75) is 26.8 Å². The van der Waals surface area contributed by atoms with E-state index in [0.29, 0.717) is 11.1 Å². The first-order chi connectivity index (χ1) is 15.7. The van der Waals surface area contributed by atoms with Crippen LogP contribution in [0.15, 0.2) is 41.3 Å². The number of aromatic amines is 1. The van der Waals surface area contributed by atoms with Crippen LogP contribution in [0.1, 0.15) is 19.4 Å².